The molecule has 0 aromatic carbocycles. The number of hydrogen-bond donors (Lipinski definition) is 0. The number of carbonyl (C=O) groups is 3. The molecule has 0 fully saturated rings. The Morgan fingerprint density at radius 1 is 0.369 bits per heavy atom. The minimum absolute atomic E-state index is 0.00742. The molecular weight excluding hydrogens is 805 g/mol. The lowest BCUT2D eigenvalue weighted by atomic mass is 9.96. The van der Waals surface area contributed by atoms with Crippen molar-refractivity contribution < 1.29 is 23.9 Å². The average molecular weight is 920 g/mol. The molecule has 0 aliphatic heterocycles. The summed E-state index contributed by atoms with van der Waals surface area (Å²) in [5.41, 5.74) is 0. The van der Waals surface area contributed by atoms with Gasteiger partial charge in [-0.3, -0.25) is 14.4 Å². The third-order valence-corrected chi connectivity index (χ3v) is 14.2. The van der Waals surface area contributed by atoms with Gasteiger partial charge >= 0.3 is 11.9 Å². The van der Waals surface area contributed by atoms with Crippen LogP contribution in [0.25, 0.3) is 0 Å². The molecular formula is C58H114N2O5. The molecule has 0 heterocycles. The smallest absolute Gasteiger partial charge is 0.305 e. The second-order valence-corrected chi connectivity index (χ2v) is 20.5. The maximum absolute atomic E-state index is 12.6. The van der Waals surface area contributed by atoms with Crippen LogP contribution in [0.4, 0.5) is 0 Å². The predicted molar refractivity (Wildman–Crippen MR) is 281 cm³/mol. The van der Waals surface area contributed by atoms with E-state index in [0.29, 0.717) is 43.9 Å². The van der Waals surface area contributed by atoms with Crippen LogP contribution in [0.1, 0.15) is 298 Å². The molecule has 7 nitrogen and oxygen atoms in total. The molecule has 0 saturated heterocycles. The Balaban J connectivity index is 4.98. The number of unbranched alkanes of at least 4 members (excludes halogenated alkanes) is 24. The van der Waals surface area contributed by atoms with E-state index in [0.717, 1.165) is 45.2 Å². The summed E-state index contributed by atoms with van der Waals surface area (Å²) in [5, 5.41) is 0. The summed E-state index contributed by atoms with van der Waals surface area (Å²) < 4.78 is 11.6. The molecule has 0 saturated carbocycles. The standard InChI is InChI=1S/C58H114N2O5/c1-8-13-18-21-26-31-38-49-60(50-39-48-59(7)53(6)61)56(44-34-27-22-24-29-36-46-57(62)64-51-54(40-16-11-4)42-32-19-14-9-2)45-35-28-23-25-30-37-47-58(63)65-52-55(41-17-12-5)43-33-20-15-10-3/h54-56H,8-52H2,1-7H3. The van der Waals surface area contributed by atoms with E-state index >= 15 is 0 Å². The molecule has 7 heteroatoms. The molecule has 65 heavy (non-hydrogen) atoms. The molecule has 2 unspecified atom stereocenters. The van der Waals surface area contributed by atoms with Gasteiger partial charge < -0.3 is 19.3 Å². The highest BCUT2D eigenvalue weighted by atomic mass is 16.5. The first-order valence-electron chi connectivity index (χ1n) is 29.0. The first kappa shape index (κ1) is 63.4. The molecule has 0 aromatic rings. The Hall–Kier alpha value is -1.63. The van der Waals surface area contributed by atoms with Gasteiger partial charge in [0.1, 0.15) is 0 Å². The third-order valence-electron chi connectivity index (χ3n) is 14.2. The maximum atomic E-state index is 12.6. The van der Waals surface area contributed by atoms with E-state index in [1.807, 2.05) is 11.9 Å². The van der Waals surface area contributed by atoms with Gasteiger partial charge in [0, 0.05) is 45.9 Å². The first-order chi connectivity index (χ1) is 31.7. The third kappa shape index (κ3) is 42.2. The van der Waals surface area contributed by atoms with Gasteiger partial charge in [-0.05, 0) is 82.6 Å². The molecule has 386 valence electrons. The fourth-order valence-electron chi connectivity index (χ4n) is 9.53. The second-order valence-electron chi connectivity index (χ2n) is 20.5. The van der Waals surface area contributed by atoms with Crippen LogP contribution in [0.2, 0.25) is 0 Å². The van der Waals surface area contributed by atoms with Gasteiger partial charge in [-0.25, -0.2) is 0 Å². The van der Waals surface area contributed by atoms with E-state index in [4.69, 9.17) is 9.47 Å². The highest BCUT2D eigenvalue weighted by Crippen LogP contribution is 2.23. The van der Waals surface area contributed by atoms with Gasteiger partial charge in [0.05, 0.1) is 13.2 Å². The topological polar surface area (TPSA) is 76.2 Å². The van der Waals surface area contributed by atoms with Gasteiger partial charge in [0.15, 0.2) is 0 Å². The average Bonchev–Trinajstić information content (AvgIpc) is 3.30. The van der Waals surface area contributed by atoms with Gasteiger partial charge in [-0.15, -0.1) is 0 Å². The minimum Gasteiger partial charge on any atom is -0.465 e. The lowest BCUT2D eigenvalue weighted by molar-refractivity contribution is -0.146. The zero-order chi connectivity index (χ0) is 47.9. The number of hydrogen-bond acceptors (Lipinski definition) is 6. The lowest BCUT2D eigenvalue weighted by Crippen LogP contribution is -2.38. The number of carbonyl (C=O) groups excluding carboxylic acids is 3. The van der Waals surface area contributed by atoms with Crippen LogP contribution < -0.4 is 0 Å². The molecule has 2 atom stereocenters. The summed E-state index contributed by atoms with van der Waals surface area (Å²) in [5.74, 6) is 1.23. The highest BCUT2D eigenvalue weighted by Gasteiger charge is 2.19. The number of ether oxygens (including phenoxy) is 2. The van der Waals surface area contributed by atoms with E-state index < -0.39 is 0 Å². The Morgan fingerprint density at radius 3 is 1.11 bits per heavy atom. The molecule has 0 bridgehead atoms. The van der Waals surface area contributed by atoms with Gasteiger partial charge in [-0.2, -0.15) is 0 Å². The summed E-state index contributed by atoms with van der Waals surface area (Å²) in [4.78, 5) is 41.9. The predicted octanol–water partition coefficient (Wildman–Crippen LogP) is 17.2. The quantitative estimate of drug-likeness (QED) is 0.0447. The Kier molecular flexibility index (Phi) is 47.6. The van der Waals surface area contributed by atoms with E-state index in [9.17, 15) is 14.4 Å². The van der Waals surface area contributed by atoms with Crippen molar-refractivity contribution in [2.45, 2.75) is 304 Å². The van der Waals surface area contributed by atoms with Crippen molar-refractivity contribution in [1.82, 2.24) is 9.80 Å². The Bertz CT molecular complexity index is 982. The van der Waals surface area contributed by atoms with Crippen LogP contribution in [0.5, 0.6) is 0 Å². The van der Waals surface area contributed by atoms with Crippen LogP contribution >= 0.6 is 0 Å². The van der Waals surface area contributed by atoms with E-state index in [2.05, 4.69) is 39.5 Å². The molecule has 0 aliphatic carbocycles. The normalized spacial score (nSPS) is 13.0. The van der Waals surface area contributed by atoms with Crippen LogP contribution in [0.3, 0.4) is 0 Å². The molecule has 0 radical (unpaired) electrons. The van der Waals surface area contributed by atoms with Crippen molar-refractivity contribution in [1.29, 1.82) is 0 Å². The van der Waals surface area contributed by atoms with Crippen molar-refractivity contribution in [2.75, 3.05) is 39.9 Å². The van der Waals surface area contributed by atoms with Crippen molar-refractivity contribution >= 4 is 17.8 Å². The van der Waals surface area contributed by atoms with Gasteiger partial charge in [0.2, 0.25) is 5.91 Å². The largest absolute Gasteiger partial charge is 0.465 e. The lowest BCUT2D eigenvalue weighted by Gasteiger charge is -2.33. The summed E-state index contributed by atoms with van der Waals surface area (Å²) in [6, 6.07) is 0.600. The van der Waals surface area contributed by atoms with Crippen molar-refractivity contribution in [3.8, 4) is 0 Å². The number of esters is 2. The van der Waals surface area contributed by atoms with E-state index in [1.54, 1.807) is 6.92 Å². The number of rotatable bonds is 51. The van der Waals surface area contributed by atoms with Crippen LogP contribution in [-0.4, -0.2) is 73.6 Å². The maximum Gasteiger partial charge on any atom is 0.305 e. The second kappa shape index (κ2) is 48.8. The monoisotopic (exact) mass is 919 g/mol. The van der Waals surface area contributed by atoms with Crippen molar-refractivity contribution in [3.05, 3.63) is 0 Å². The fourth-order valence-corrected chi connectivity index (χ4v) is 9.53. The Morgan fingerprint density at radius 2 is 0.692 bits per heavy atom. The van der Waals surface area contributed by atoms with Crippen LogP contribution in [-0.2, 0) is 23.9 Å². The SMILES string of the molecule is CCCCCCCCCN(CCCN(C)C(C)=O)C(CCCCCCCCC(=O)OCC(CCCC)CCCCCC)CCCCCCCCC(=O)OCC(CCCC)CCCCCC. The van der Waals surface area contributed by atoms with Crippen LogP contribution in [0, 0.1) is 11.8 Å². The number of amides is 1. The first-order valence-corrected chi connectivity index (χ1v) is 29.0. The molecule has 0 aliphatic rings. The number of nitrogens with zero attached hydrogens (tertiary/aromatic N) is 2. The summed E-state index contributed by atoms with van der Waals surface area (Å²) >= 11 is 0. The zero-order valence-corrected chi connectivity index (χ0v) is 45.0. The zero-order valence-electron chi connectivity index (χ0n) is 45.0. The minimum atomic E-state index is 0.00742. The summed E-state index contributed by atoms with van der Waals surface area (Å²) in [6.07, 6.45) is 47.9. The van der Waals surface area contributed by atoms with Crippen molar-refractivity contribution in [2.24, 2.45) is 11.8 Å². The molecule has 0 spiro atoms. The fraction of sp³-hybridized carbons (Fsp3) is 0.948. The van der Waals surface area contributed by atoms with E-state index in [1.165, 1.54) is 218 Å². The molecule has 1 amide bonds. The summed E-state index contributed by atoms with van der Waals surface area (Å²) in [6.45, 7) is 17.3. The van der Waals surface area contributed by atoms with Crippen molar-refractivity contribution in [3.63, 3.8) is 0 Å². The highest BCUT2D eigenvalue weighted by molar-refractivity contribution is 5.72. The van der Waals surface area contributed by atoms with E-state index in [-0.39, 0.29) is 17.8 Å². The molecule has 0 aromatic heterocycles. The van der Waals surface area contributed by atoms with Gasteiger partial charge in [-0.1, -0.05) is 214 Å². The summed E-state index contributed by atoms with van der Waals surface area (Å²) in [7, 11) is 1.94. The molecule has 0 rings (SSSR count). The Labute approximate surface area is 406 Å². The van der Waals surface area contributed by atoms with Crippen LogP contribution in [0.15, 0.2) is 0 Å². The molecule has 0 N–H and O–H groups in total. The van der Waals surface area contributed by atoms with Gasteiger partial charge in [0.25, 0.3) is 0 Å².